The summed E-state index contributed by atoms with van der Waals surface area (Å²) in [4.78, 5) is 4.07. The molecule has 0 saturated carbocycles. The zero-order valence-electron chi connectivity index (χ0n) is 10.9. The van der Waals surface area contributed by atoms with Gasteiger partial charge in [0.05, 0.1) is 17.6 Å². The predicted octanol–water partition coefficient (Wildman–Crippen LogP) is 2.45. The summed E-state index contributed by atoms with van der Waals surface area (Å²) in [6.07, 6.45) is 4.46. The molecule has 0 spiro atoms. The Kier molecular flexibility index (Phi) is 5.91. The average molecular weight is 271 g/mol. The standard InChI is InChI=1S/C12H21N3O2S/c1-3-5-8-13-11-6-7-12(14-10-11)15-18(16,17)9-4-2/h6-7,10,13H,3-5,8-9H2,1-2H3,(H,14,15). The van der Waals surface area contributed by atoms with Gasteiger partial charge in [-0.2, -0.15) is 0 Å². The zero-order chi connectivity index (χ0) is 13.4. The van der Waals surface area contributed by atoms with Crippen LogP contribution >= 0.6 is 0 Å². The minimum atomic E-state index is -3.25. The van der Waals surface area contributed by atoms with E-state index in [1.165, 1.54) is 0 Å². The first kappa shape index (κ1) is 14.8. The Bertz CT molecular complexity index is 443. The quantitative estimate of drug-likeness (QED) is 0.712. The lowest BCUT2D eigenvalue weighted by atomic mass is 10.3. The van der Waals surface area contributed by atoms with Crippen LogP contribution in [0, 0.1) is 0 Å². The molecule has 0 atom stereocenters. The van der Waals surface area contributed by atoms with Crippen molar-refractivity contribution in [2.24, 2.45) is 0 Å². The summed E-state index contributed by atoms with van der Waals surface area (Å²) in [6.45, 7) is 4.86. The molecular weight excluding hydrogens is 250 g/mol. The molecule has 18 heavy (non-hydrogen) atoms. The van der Waals surface area contributed by atoms with Crippen LogP contribution in [0.2, 0.25) is 0 Å². The lowest BCUT2D eigenvalue weighted by Gasteiger charge is -2.08. The summed E-state index contributed by atoms with van der Waals surface area (Å²) in [5, 5.41) is 3.22. The van der Waals surface area contributed by atoms with Crippen molar-refractivity contribution in [2.75, 3.05) is 22.3 Å². The Morgan fingerprint density at radius 1 is 1.22 bits per heavy atom. The highest BCUT2D eigenvalue weighted by Gasteiger charge is 2.08. The van der Waals surface area contributed by atoms with Crippen molar-refractivity contribution in [3.05, 3.63) is 18.3 Å². The van der Waals surface area contributed by atoms with Crippen LogP contribution in [0.15, 0.2) is 18.3 Å². The largest absolute Gasteiger partial charge is 0.384 e. The normalized spacial score (nSPS) is 11.2. The van der Waals surface area contributed by atoms with Crippen molar-refractivity contribution in [1.82, 2.24) is 4.98 Å². The highest BCUT2D eigenvalue weighted by atomic mass is 32.2. The van der Waals surface area contributed by atoms with Crippen molar-refractivity contribution in [3.63, 3.8) is 0 Å². The Hall–Kier alpha value is -1.30. The molecule has 2 N–H and O–H groups in total. The van der Waals surface area contributed by atoms with E-state index in [1.54, 1.807) is 12.3 Å². The van der Waals surface area contributed by atoms with E-state index in [0.29, 0.717) is 12.2 Å². The molecule has 6 heteroatoms. The van der Waals surface area contributed by atoms with Gasteiger partial charge < -0.3 is 5.32 Å². The topological polar surface area (TPSA) is 71.1 Å². The van der Waals surface area contributed by atoms with Crippen LogP contribution in [-0.4, -0.2) is 25.7 Å². The summed E-state index contributed by atoms with van der Waals surface area (Å²) < 4.78 is 25.5. The lowest BCUT2D eigenvalue weighted by Crippen LogP contribution is -2.16. The molecule has 5 nitrogen and oxygen atoms in total. The molecule has 0 radical (unpaired) electrons. The highest BCUT2D eigenvalue weighted by Crippen LogP contribution is 2.11. The molecule has 0 amide bonds. The maximum Gasteiger partial charge on any atom is 0.233 e. The minimum Gasteiger partial charge on any atom is -0.384 e. The van der Waals surface area contributed by atoms with Gasteiger partial charge in [-0.25, -0.2) is 13.4 Å². The number of pyridine rings is 1. The van der Waals surface area contributed by atoms with E-state index in [-0.39, 0.29) is 5.75 Å². The van der Waals surface area contributed by atoms with Crippen molar-refractivity contribution in [1.29, 1.82) is 0 Å². The average Bonchev–Trinajstić information content (AvgIpc) is 2.31. The fourth-order valence-electron chi connectivity index (χ4n) is 1.45. The highest BCUT2D eigenvalue weighted by molar-refractivity contribution is 7.92. The first-order chi connectivity index (χ1) is 8.57. The van der Waals surface area contributed by atoms with Crippen molar-refractivity contribution in [2.45, 2.75) is 33.1 Å². The van der Waals surface area contributed by atoms with Gasteiger partial charge in [0.15, 0.2) is 0 Å². The van der Waals surface area contributed by atoms with Gasteiger partial charge in [-0.15, -0.1) is 0 Å². The third-order valence-electron chi connectivity index (χ3n) is 2.36. The Morgan fingerprint density at radius 3 is 2.56 bits per heavy atom. The van der Waals surface area contributed by atoms with Gasteiger partial charge in [0, 0.05) is 6.54 Å². The molecule has 0 aromatic carbocycles. The number of hydrogen-bond donors (Lipinski definition) is 2. The Labute approximate surface area is 109 Å². The number of aromatic nitrogens is 1. The molecule has 0 aliphatic carbocycles. The van der Waals surface area contributed by atoms with E-state index in [9.17, 15) is 8.42 Å². The molecule has 0 saturated heterocycles. The molecule has 1 rings (SSSR count). The second kappa shape index (κ2) is 7.20. The number of rotatable bonds is 8. The molecule has 0 bridgehead atoms. The number of nitrogens with one attached hydrogen (secondary N) is 2. The van der Waals surface area contributed by atoms with Gasteiger partial charge in [0.1, 0.15) is 5.82 Å². The van der Waals surface area contributed by atoms with Crippen LogP contribution in [0.4, 0.5) is 11.5 Å². The molecule has 102 valence electrons. The molecule has 0 aliphatic heterocycles. The van der Waals surface area contributed by atoms with Crippen LogP contribution in [0.25, 0.3) is 0 Å². The molecule has 0 fully saturated rings. The molecule has 1 aromatic rings. The molecular formula is C12H21N3O2S. The van der Waals surface area contributed by atoms with E-state index in [1.807, 2.05) is 13.0 Å². The van der Waals surface area contributed by atoms with E-state index in [0.717, 1.165) is 25.1 Å². The summed E-state index contributed by atoms with van der Waals surface area (Å²) in [5.41, 5.74) is 0.905. The summed E-state index contributed by atoms with van der Waals surface area (Å²) in [6, 6.07) is 3.49. The molecule has 0 unspecified atom stereocenters. The van der Waals surface area contributed by atoms with Crippen molar-refractivity contribution >= 4 is 21.5 Å². The zero-order valence-corrected chi connectivity index (χ0v) is 11.8. The predicted molar refractivity (Wildman–Crippen MR) is 75.3 cm³/mol. The SMILES string of the molecule is CCCCNc1ccc(NS(=O)(=O)CCC)nc1. The summed E-state index contributed by atoms with van der Waals surface area (Å²) in [5.74, 6) is 0.482. The van der Waals surface area contributed by atoms with Crippen molar-refractivity contribution in [3.8, 4) is 0 Å². The molecule has 0 aliphatic rings. The van der Waals surface area contributed by atoms with Gasteiger partial charge in [-0.1, -0.05) is 20.3 Å². The summed E-state index contributed by atoms with van der Waals surface area (Å²) >= 11 is 0. The van der Waals surface area contributed by atoms with Gasteiger partial charge in [0.2, 0.25) is 10.0 Å². The second-order valence-corrected chi connectivity index (χ2v) is 5.98. The minimum absolute atomic E-state index is 0.116. The number of anilines is 2. The third-order valence-corrected chi connectivity index (χ3v) is 3.82. The van der Waals surface area contributed by atoms with E-state index in [2.05, 4.69) is 21.9 Å². The first-order valence-electron chi connectivity index (χ1n) is 6.28. The van der Waals surface area contributed by atoms with Crippen LogP contribution in [0.1, 0.15) is 33.1 Å². The molecule has 1 aromatic heterocycles. The van der Waals surface area contributed by atoms with Crippen LogP contribution in [0.5, 0.6) is 0 Å². The smallest absolute Gasteiger partial charge is 0.233 e. The monoisotopic (exact) mass is 271 g/mol. The van der Waals surface area contributed by atoms with Crippen LogP contribution < -0.4 is 10.0 Å². The van der Waals surface area contributed by atoms with Gasteiger partial charge in [-0.05, 0) is 25.0 Å². The maximum absolute atomic E-state index is 11.5. The molecule has 1 heterocycles. The van der Waals surface area contributed by atoms with E-state index >= 15 is 0 Å². The lowest BCUT2D eigenvalue weighted by molar-refractivity contribution is 0.599. The van der Waals surface area contributed by atoms with E-state index in [4.69, 9.17) is 0 Å². The summed E-state index contributed by atoms with van der Waals surface area (Å²) in [7, 11) is -3.25. The third kappa shape index (κ3) is 5.35. The van der Waals surface area contributed by atoms with Gasteiger partial charge in [0.25, 0.3) is 0 Å². The Morgan fingerprint density at radius 2 is 2.00 bits per heavy atom. The first-order valence-corrected chi connectivity index (χ1v) is 7.93. The van der Waals surface area contributed by atoms with E-state index < -0.39 is 10.0 Å². The number of hydrogen-bond acceptors (Lipinski definition) is 4. The van der Waals surface area contributed by atoms with Crippen LogP contribution in [0.3, 0.4) is 0 Å². The van der Waals surface area contributed by atoms with Crippen molar-refractivity contribution < 1.29 is 8.42 Å². The second-order valence-electron chi connectivity index (χ2n) is 4.13. The fraction of sp³-hybridized carbons (Fsp3) is 0.583. The van der Waals surface area contributed by atoms with Gasteiger partial charge in [-0.3, -0.25) is 4.72 Å². The Balaban J connectivity index is 2.55. The fourth-order valence-corrected chi connectivity index (χ4v) is 2.53. The maximum atomic E-state index is 11.5. The number of sulfonamides is 1. The van der Waals surface area contributed by atoms with Crippen LogP contribution in [-0.2, 0) is 10.0 Å². The van der Waals surface area contributed by atoms with Gasteiger partial charge >= 0.3 is 0 Å². The number of nitrogens with zero attached hydrogens (tertiary/aromatic N) is 1. The number of unbranched alkanes of at least 4 members (excludes halogenated alkanes) is 1.